The molecule has 0 unspecified atom stereocenters. The minimum atomic E-state index is -5.21. The van der Waals surface area contributed by atoms with Gasteiger partial charge in [-0.25, -0.2) is 0 Å². The summed E-state index contributed by atoms with van der Waals surface area (Å²) in [6.45, 7) is -4.14. The minimum absolute atomic E-state index is 0. The Morgan fingerprint density at radius 1 is 1.13 bits per heavy atom. The molecule has 0 heterocycles. The van der Waals surface area contributed by atoms with Gasteiger partial charge in [0.2, 0.25) is 0 Å². The van der Waals surface area contributed by atoms with Gasteiger partial charge in [0, 0.05) is 6.04 Å². The van der Waals surface area contributed by atoms with Crippen molar-refractivity contribution in [1.29, 1.82) is 0 Å². The van der Waals surface area contributed by atoms with Crippen LogP contribution in [0, 0.1) is 0 Å². The monoisotopic (exact) mass is 261 g/mol. The zero-order valence-corrected chi connectivity index (χ0v) is 11.9. The molecule has 0 atom stereocenters. The fourth-order valence-electron chi connectivity index (χ4n) is 0.954. The Kier molecular flexibility index (Phi) is 8.50. The molecule has 0 aromatic heterocycles. The first-order valence-corrected chi connectivity index (χ1v) is 4.03. The first kappa shape index (κ1) is 18.6. The van der Waals surface area contributed by atoms with Gasteiger partial charge in [-0.05, 0) is 20.3 Å². The number of rotatable bonds is 4. The van der Waals surface area contributed by atoms with Crippen LogP contribution in [-0.2, 0) is 0 Å². The van der Waals surface area contributed by atoms with E-state index in [-0.39, 0.29) is 51.4 Å². The molecular formula is C6H11BF6KN. The van der Waals surface area contributed by atoms with Gasteiger partial charge < -0.3 is 17.8 Å². The molecule has 0 aliphatic carbocycles. The van der Waals surface area contributed by atoms with Crippen molar-refractivity contribution in [2.75, 3.05) is 13.0 Å². The molecule has 15 heavy (non-hydrogen) atoms. The van der Waals surface area contributed by atoms with Crippen molar-refractivity contribution in [1.82, 2.24) is 4.90 Å². The molecule has 9 heteroatoms. The summed E-state index contributed by atoms with van der Waals surface area (Å²) < 4.78 is 71.2. The molecule has 0 aromatic rings. The predicted octanol–water partition coefficient (Wildman–Crippen LogP) is -0.350. The van der Waals surface area contributed by atoms with E-state index in [9.17, 15) is 26.1 Å². The van der Waals surface area contributed by atoms with Crippen LogP contribution in [0.3, 0.4) is 0 Å². The van der Waals surface area contributed by atoms with E-state index in [0.29, 0.717) is 4.90 Å². The molecule has 1 nitrogen and oxygen atoms in total. The van der Waals surface area contributed by atoms with Crippen molar-refractivity contribution < 1.29 is 77.5 Å². The van der Waals surface area contributed by atoms with Crippen molar-refractivity contribution in [3.05, 3.63) is 0 Å². The summed E-state index contributed by atoms with van der Waals surface area (Å²) in [6.07, 6.45) is -6.07. The third-order valence-electron chi connectivity index (χ3n) is 1.55. The molecule has 0 radical (unpaired) electrons. The van der Waals surface area contributed by atoms with Gasteiger partial charge in [0.05, 0.1) is 6.54 Å². The molecule has 0 aromatic carbocycles. The maximum atomic E-state index is 11.9. The molecule has 0 rings (SSSR count). The summed E-state index contributed by atoms with van der Waals surface area (Å²) in [4.78, 5) is 0.361. The van der Waals surface area contributed by atoms with Gasteiger partial charge in [0.25, 0.3) is 0 Å². The summed E-state index contributed by atoms with van der Waals surface area (Å²) >= 11 is 0. The first-order chi connectivity index (χ1) is 6.01. The molecule has 0 saturated heterocycles. The van der Waals surface area contributed by atoms with Crippen LogP contribution in [0.15, 0.2) is 0 Å². The molecule has 0 bridgehead atoms. The van der Waals surface area contributed by atoms with Gasteiger partial charge in [0.1, 0.15) is 0 Å². The van der Waals surface area contributed by atoms with Crippen LogP contribution in [0.1, 0.15) is 13.8 Å². The van der Waals surface area contributed by atoms with Crippen molar-refractivity contribution in [3.63, 3.8) is 0 Å². The van der Waals surface area contributed by atoms with E-state index in [1.54, 1.807) is 0 Å². The molecule has 0 amide bonds. The maximum Gasteiger partial charge on any atom is 1.00 e. The quantitative estimate of drug-likeness (QED) is 0.494. The number of alkyl halides is 3. The largest absolute Gasteiger partial charge is 1.00 e. The van der Waals surface area contributed by atoms with Gasteiger partial charge in [-0.15, -0.1) is 0 Å². The zero-order valence-electron chi connectivity index (χ0n) is 8.78. The van der Waals surface area contributed by atoms with Gasteiger partial charge in [-0.3, -0.25) is 0 Å². The maximum absolute atomic E-state index is 11.9. The Bertz CT molecular complexity index is 163. The molecular weight excluding hydrogens is 250 g/mol. The van der Waals surface area contributed by atoms with Crippen LogP contribution in [0.4, 0.5) is 26.1 Å². The number of hydrogen-bond donors (Lipinski definition) is 0. The van der Waals surface area contributed by atoms with Crippen LogP contribution in [-0.4, -0.2) is 37.1 Å². The van der Waals surface area contributed by atoms with Gasteiger partial charge >= 0.3 is 64.5 Å². The Morgan fingerprint density at radius 3 is 1.73 bits per heavy atom. The third-order valence-corrected chi connectivity index (χ3v) is 1.55. The summed E-state index contributed by atoms with van der Waals surface area (Å²) in [6, 6.07) is -0.778. The SMILES string of the molecule is CC(C)N(C[B-](F)(F)F)CC(F)(F)F.[K+]. The Balaban J connectivity index is 0. The second-order valence-corrected chi connectivity index (χ2v) is 3.35. The van der Waals surface area contributed by atoms with E-state index in [1.165, 1.54) is 13.8 Å². The number of nitrogens with zero attached hydrogens (tertiary/aromatic N) is 1. The van der Waals surface area contributed by atoms with E-state index in [0.717, 1.165) is 0 Å². The van der Waals surface area contributed by atoms with Crippen LogP contribution in [0.5, 0.6) is 0 Å². The standard InChI is InChI=1S/C6H11BF6N.K/c1-5(2)14(3-6(8,9)10)4-7(11,12)13;/h5H,3-4H2,1-2H3;/q-1;+1. The van der Waals surface area contributed by atoms with Crippen LogP contribution >= 0.6 is 0 Å². The molecule has 0 spiro atoms. The topological polar surface area (TPSA) is 3.24 Å². The van der Waals surface area contributed by atoms with E-state index in [1.807, 2.05) is 0 Å². The molecule has 0 fully saturated rings. The molecule has 0 saturated carbocycles. The van der Waals surface area contributed by atoms with Crippen molar-refractivity contribution >= 4 is 6.98 Å². The summed E-state index contributed by atoms with van der Waals surface area (Å²) in [5.74, 6) is 0. The Hall–Kier alpha value is 1.24. The second-order valence-electron chi connectivity index (χ2n) is 3.35. The van der Waals surface area contributed by atoms with Crippen LogP contribution in [0.25, 0.3) is 0 Å². The average molecular weight is 261 g/mol. The van der Waals surface area contributed by atoms with Crippen molar-refractivity contribution in [2.45, 2.75) is 26.1 Å². The fraction of sp³-hybridized carbons (Fsp3) is 1.00. The minimum Gasteiger partial charge on any atom is -0.448 e. The number of hydrogen-bond acceptors (Lipinski definition) is 1. The normalized spacial score (nSPS) is 13.2. The first-order valence-electron chi connectivity index (χ1n) is 4.03. The second kappa shape index (κ2) is 6.85. The smallest absolute Gasteiger partial charge is 0.448 e. The van der Waals surface area contributed by atoms with Crippen molar-refractivity contribution in [2.24, 2.45) is 0 Å². The van der Waals surface area contributed by atoms with E-state index < -0.39 is 32.2 Å². The van der Waals surface area contributed by atoms with E-state index in [4.69, 9.17) is 0 Å². The average Bonchev–Trinajstić information content (AvgIpc) is 1.78. The number of halogens is 6. The van der Waals surface area contributed by atoms with Gasteiger partial charge in [-0.1, -0.05) is 0 Å². The summed E-state index contributed by atoms with van der Waals surface area (Å²) in [7, 11) is 0. The van der Waals surface area contributed by atoms with E-state index >= 15 is 0 Å². The molecule has 86 valence electrons. The van der Waals surface area contributed by atoms with Gasteiger partial charge in [-0.2, -0.15) is 13.2 Å². The Morgan fingerprint density at radius 2 is 1.53 bits per heavy atom. The fourth-order valence-corrected chi connectivity index (χ4v) is 0.954. The van der Waals surface area contributed by atoms with Crippen molar-refractivity contribution in [3.8, 4) is 0 Å². The summed E-state index contributed by atoms with van der Waals surface area (Å²) in [5, 5.41) is 0. The Labute approximate surface area is 127 Å². The van der Waals surface area contributed by atoms with E-state index in [2.05, 4.69) is 0 Å². The predicted molar refractivity (Wildman–Crippen MR) is 41.8 cm³/mol. The summed E-state index contributed by atoms with van der Waals surface area (Å²) in [5.41, 5.74) is 0. The molecule has 0 N–H and O–H groups in total. The van der Waals surface area contributed by atoms with Crippen LogP contribution < -0.4 is 51.4 Å². The molecule has 0 aliphatic heterocycles. The molecule has 0 aliphatic rings. The van der Waals surface area contributed by atoms with Crippen LogP contribution in [0.2, 0.25) is 0 Å². The van der Waals surface area contributed by atoms with Gasteiger partial charge in [0.15, 0.2) is 0 Å². The third kappa shape index (κ3) is 11.5. The zero-order chi connectivity index (χ0) is 11.6.